The zero-order valence-electron chi connectivity index (χ0n) is 17.9. The third-order valence-corrected chi connectivity index (χ3v) is 4.37. The molecule has 1 heterocycles. The second-order valence-electron chi connectivity index (χ2n) is 7.92. The van der Waals surface area contributed by atoms with Crippen molar-refractivity contribution in [3.05, 3.63) is 29.3 Å². The highest BCUT2D eigenvalue weighted by Crippen LogP contribution is 2.24. The van der Waals surface area contributed by atoms with Crippen molar-refractivity contribution in [2.24, 2.45) is 5.92 Å². The number of ether oxygens (including phenoxy) is 4. The Labute approximate surface area is 175 Å². The van der Waals surface area contributed by atoms with Gasteiger partial charge in [-0.25, -0.2) is 14.4 Å². The third kappa shape index (κ3) is 6.20. The van der Waals surface area contributed by atoms with Crippen LogP contribution in [-0.4, -0.2) is 61.8 Å². The van der Waals surface area contributed by atoms with Gasteiger partial charge in [0, 0.05) is 13.1 Å². The summed E-state index contributed by atoms with van der Waals surface area (Å²) in [5, 5.41) is 0. The average molecular weight is 421 g/mol. The van der Waals surface area contributed by atoms with Gasteiger partial charge in [-0.1, -0.05) is 0 Å². The van der Waals surface area contributed by atoms with Gasteiger partial charge in [0.15, 0.2) is 0 Å². The summed E-state index contributed by atoms with van der Waals surface area (Å²) in [4.78, 5) is 50.2. The van der Waals surface area contributed by atoms with E-state index in [0.717, 1.165) is 0 Å². The van der Waals surface area contributed by atoms with Crippen LogP contribution in [0.15, 0.2) is 18.2 Å². The first-order chi connectivity index (χ1) is 14.0. The van der Waals surface area contributed by atoms with Crippen molar-refractivity contribution >= 4 is 24.0 Å². The second kappa shape index (κ2) is 9.60. The van der Waals surface area contributed by atoms with Gasteiger partial charge < -0.3 is 23.8 Å². The molecule has 1 amide bonds. The van der Waals surface area contributed by atoms with Gasteiger partial charge in [0.25, 0.3) is 0 Å². The van der Waals surface area contributed by atoms with E-state index < -0.39 is 35.5 Å². The summed E-state index contributed by atoms with van der Waals surface area (Å²) in [6.45, 7) is 5.96. The topological polar surface area (TPSA) is 108 Å². The lowest BCUT2D eigenvalue weighted by Gasteiger charge is -2.33. The summed E-state index contributed by atoms with van der Waals surface area (Å²) < 4.78 is 20.1. The SMILES string of the molecule is COC(=O)c1cc(OC(=O)[C@H]2CCCN(C(=O)OC(C)(C)C)C2)cc(C(=O)OC)c1. The maximum Gasteiger partial charge on any atom is 0.410 e. The van der Waals surface area contributed by atoms with Gasteiger partial charge in [0.05, 0.1) is 31.3 Å². The second-order valence-corrected chi connectivity index (χ2v) is 7.92. The molecule has 0 saturated carbocycles. The number of methoxy groups -OCH3 is 2. The molecule has 1 aliphatic rings. The van der Waals surface area contributed by atoms with E-state index in [0.29, 0.717) is 19.4 Å². The molecule has 1 fully saturated rings. The first-order valence-electron chi connectivity index (χ1n) is 9.55. The number of nitrogens with zero attached hydrogens (tertiary/aromatic N) is 1. The summed E-state index contributed by atoms with van der Waals surface area (Å²) in [5.74, 6) is -2.49. The Balaban J connectivity index is 2.15. The summed E-state index contributed by atoms with van der Waals surface area (Å²) >= 11 is 0. The van der Waals surface area contributed by atoms with E-state index in [1.165, 1.54) is 37.3 Å². The Hall–Kier alpha value is -3.10. The van der Waals surface area contributed by atoms with Gasteiger partial charge in [0.1, 0.15) is 11.4 Å². The van der Waals surface area contributed by atoms with Crippen LogP contribution in [0.25, 0.3) is 0 Å². The van der Waals surface area contributed by atoms with Crippen molar-refractivity contribution in [1.82, 2.24) is 4.90 Å². The smallest absolute Gasteiger partial charge is 0.410 e. The molecule has 0 N–H and O–H groups in total. The van der Waals surface area contributed by atoms with E-state index in [1.807, 2.05) is 0 Å². The molecule has 0 bridgehead atoms. The molecule has 1 saturated heterocycles. The van der Waals surface area contributed by atoms with Crippen molar-refractivity contribution in [2.45, 2.75) is 39.2 Å². The van der Waals surface area contributed by atoms with Crippen LogP contribution in [0.5, 0.6) is 5.75 Å². The molecule has 9 nitrogen and oxygen atoms in total. The van der Waals surface area contributed by atoms with Gasteiger partial charge in [-0.3, -0.25) is 4.79 Å². The number of piperidine rings is 1. The lowest BCUT2D eigenvalue weighted by atomic mass is 9.98. The minimum absolute atomic E-state index is 0.0118. The fourth-order valence-electron chi connectivity index (χ4n) is 2.99. The van der Waals surface area contributed by atoms with Crippen LogP contribution in [0.1, 0.15) is 54.3 Å². The molecule has 0 aromatic heterocycles. The molecule has 9 heteroatoms. The fraction of sp³-hybridized carbons (Fsp3) is 0.524. The molecule has 164 valence electrons. The minimum Gasteiger partial charge on any atom is -0.465 e. The maximum absolute atomic E-state index is 12.7. The quantitative estimate of drug-likeness (QED) is 0.415. The molecule has 0 spiro atoms. The van der Waals surface area contributed by atoms with Crippen molar-refractivity contribution in [3.63, 3.8) is 0 Å². The van der Waals surface area contributed by atoms with E-state index in [1.54, 1.807) is 20.8 Å². The van der Waals surface area contributed by atoms with Crippen LogP contribution in [0.4, 0.5) is 4.79 Å². The molecule has 0 aliphatic carbocycles. The van der Waals surface area contributed by atoms with Crippen LogP contribution in [-0.2, 0) is 19.0 Å². The Morgan fingerprint density at radius 2 is 1.53 bits per heavy atom. The van der Waals surface area contributed by atoms with E-state index >= 15 is 0 Å². The number of amides is 1. The number of likely N-dealkylation sites (tertiary alicyclic amines) is 1. The van der Waals surface area contributed by atoms with Gasteiger partial charge in [-0.15, -0.1) is 0 Å². The lowest BCUT2D eigenvalue weighted by molar-refractivity contribution is -0.140. The summed E-state index contributed by atoms with van der Waals surface area (Å²) in [7, 11) is 2.40. The van der Waals surface area contributed by atoms with Crippen LogP contribution in [0.2, 0.25) is 0 Å². The number of benzene rings is 1. The number of hydrogen-bond acceptors (Lipinski definition) is 8. The number of hydrogen-bond donors (Lipinski definition) is 0. The van der Waals surface area contributed by atoms with E-state index in [9.17, 15) is 19.2 Å². The van der Waals surface area contributed by atoms with Crippen molar-refractivity contribution in [3.8, 4) is 5.75 Å². The van der Waals surface area contributed by atoms with Crippen LogP contribution in [0, 0.1) is 5.92 Å². The number of carbonyl (C=O) groups excluding carboxylic acids is 4. The predicted octanol–water partition coefficient (Wildman–Crippen LogP) is 2.81. The van der Waals surface area contributed by atoms with Crippen LogP contribution < -0.4 is 4.74 Å². The molecule has 0 radical (unpaired) electrons. The summed E-state index contributed by atoms with van der Waals surface area (Å²) in [6, 6.07) is 3.91. The molecule has 2 rings (SSSR count). The molecule has 1 aliphatic heterocycles. The molecular formula is C21H27NO8. The molecule has 30 heavy (non-hydrogen) atoms. The number of rotatable bonds is 4. The zero-order chi connectivity index (χ0) is 22.5. The predicted molar refractivity (Wildman–Crippen MR) is 105 cm³/mol. The lowest BCUT2D eigenvalue weighted by Crippen LogP contribution is -2.45. The van der Waals surface area contributed by atoms with Crippen LogP contribution >= 0.6 is 0 Å². The highest BCUT2D eigenvalue weighted by molar-refractivity contribution is 5.96. The third-order valence-electron chi connectivity index (χ3n) is 4.37. The number of esters is 3. The number of carbonyl (C=O) groups is 4. The Morgan fingerprint density at radius 3 is 2.03 bits per heavy atom. The zero-order valence-corrected chi connectivity index (χ0v) is 17.9. The van der Waals surface area contributed by atoms with Crippen molar-refractivity contribution in [1.29, 1.82) is 0 Å². The highest BCUT2D eigenvalue weighted by atomic mass is 16.6. The van der Waals surface area contributed by atoms with Crippen molar-refractivity contribution in [2.75, 3.05) is 27.3 Å². The molecular weight excluding hydrogens is 394 g/mol. The van der Waals surface area contributed by atoms with Gasteiger partial charge in [0.2, 0.25) is 0 Å². The Bertz CT molecular complexity index is 793. The van der Waals surface area contributed by atoms with Gasteiger partial charge in [-0.2, -0.15) is 0 Å². The summed E-state index contributed by atoms with van der Waals surface area (Å²) in [5.41, 5.74) is -0.548. The molecule has 1 atom stereocenters. The van der Waals surface area contributed by atoms with E-state index in [-0.39, 0.29) is 23.4 Å². The first kappa shape index (κ1) is 23.2. The average Bonchev–Trinajstić information content (AvgIpc) is 2.71. The summed E-state index contributed by atoms with van der Waals surface area (Å²) in [6.07, 6.45) is 0.675. The van der Waals surface area contributed by atoms with Crippen molar-refractivity contribution < 1.29 is 38.1 Å². The standard InChI is InChI=1S/C21H27NO8/c1-21(2,3)30-20(26)22-8-6-7-13(12-22)19(25)29-16-10-14(17(23)27-4)9-15(11-16)18(24)28-5/h9-11,13H,6-8,12H2,1-5H3/t13-/m0/s1. The van der Waals surface area contributed by atoms with Gasteiger partial charge in [-0.05, 0) is 51.8 Å². The van der Waals surface area contributed by atoms with E-state index in [4.69, 9.17) is 9.47 Å². The largest absolute Gasteiger partial charge is 0.465 e. The Morgan fingerprint density at radius 1 is 0.967 bits per heavy atom. The highest BCUT2D eigenvalue weighted by Gasteiger charge is 2.32. The maximum atomic E-state index is 12.7. The minimum atomic E-state index is -0.688. The van der Waals surface area contributed by atoms with E-state index in [2.05, 4.69) is 9.47 Å². The fourth-order valence-corrected chi connectivity index (χ4v) is 2.99. The monoisotopic (exact) mass is 421 g/mol. The normalized spacial score (nSPS) is 16.4. The molecule has 1 aromatic rings. The molecule has 1 aromatic carbocycles. The van der Waals surface area contributed by atoms with Crippen LogP contribution in [0.3, 0.4) is 0 Å². The van der Waals surface area contributed by atoms with Gasteiger partial charge >= 0.3 is 24.0 Å². The Kier molecular flexibility index (Phi) is 7.42. The first-order valence-corrected chi connectivity index (χ1v) is 9.55. The molecule has 0 unspecified atom stereocenters.